The summed E-state index contributed by atoms with van der Waals surface area (Å²) in [7, 11) is 0. The summed E-state index contributed by atoms with van der Waals surface area (Å²) < 4.78 is 5.13. The Balaban J connectivity index is 2.45. The molecule has 0 fully saturated rings. The molecule has 0 aliphatic carbocycles. The van der Waals surface area contributed by atoms with E-state index in [1.54, 1.807) is 12.1 Å². The highest BCUT2D eigenvalue weighted by Crippen LogP contribution is 2.11. The Hall–Kier alpha value is -1.35. The average Bonchev–Trinajstić information content (AvgIpc) is 2.16. The molecule has 0 saturated carbocycles. The van der Waals surface area contributed by atoms with E-state index >= 15 is 0 Å². The second-order valence-electron chi connectivity index (χ2n) is 2.83. The smallest absolute Gasteiger partial charge is 0.151 e. The quantitative estimate of drug-likeness (QED) is 0.701. The first-order chi connectivity index (χ1) is 6.22. The lowest BCUT2D eigenvalue weighted by Crippen LogP contribution is -2.18. The zero-order chi connectivity index (χ0) is 9.68. The molecule has 70 valence electrons. The summed E-state index contributed by atoms with van der Waals surface area (Å²) in [5, 5.41) is 8.88. The standard InChI is InChI=1S/C10H12O3/c1-8-2-4-10(5-3-8)13-7-9(12)6-11/h2-6,9,12H,7H2,1H3. The molecule has 0 saturated heterocycles. The summed E-state index contributed by atoms with van der Waals surface area (Å²) in [6.45, 7) is 1.98. The Kier molecular flexibility index (Phi) is 3.46. The predicted molar refractivity (Wildman–Crippen MR) is 48.7 cm³/mol. The number of aliphatic hydroxyl groups is 1. The molecule has 0 bridgehead atoms. The number of ether oxygens (including phenoxy) is 1. The van der Waals surface area contributed by atoms with E-state index in [1.165, 1.54) is 0 Å². The minimum Gasteiger partial charge on any atom is -0.490 e. The van der Waals surface area contributed by atoms with Gasteiger partial charge in [0.25, 0.3) is 0 Å². The van der Waals surface area contributed by atoms with Crippen molar-refractivity contribution in [2.75, 3.05) is 6.61 Å². The van der Waals surface area contributed by atoms with E-state index in [2.05, 4.69) is 0 Å². The Labute approximate surface area is 77.0 Å². The molecule has 1 N–H and O–H groups in total. The van der Waals surface area contributed by atoms with E-state index in [1.807, 2.05) is 19.1 Å². The van der Waals surface area contributed by atoms with Crippen LogP contribution >= 0.6 is 0 Å². The first kappa shape index (κ1) is 9.74. The molecule has 0 amide bonds. The first-order valence-electron chi connectivity index (χ1n) is 4.05. The number of aliphatic hydroxyl groups excluding tert-OH is 1. The second-order valence-corrected chi connectivity index (χ2v) is 2.83. The maximum Gasteiger partial charge on any atom is 0.151 e. The van der Waals surface area contributed by atoms with Crippen molar-refractivity contribution in [2.24, 2.45) is 0 Å². The van der Waals surface area contributed by atoms with Crippen molar-refractivity contribution in [2.45, 2.75) is 13.0 Å². The number of rotatable bonds is 4. The van der Waals surface area contributed by atoms with Gasteiger partial charge in [-0.1, -0.05) is 17.7 Å². The van der Waals surface area contributed by atoms with E-state index in [9.17, 15) is 4.79 Å². The third-order valence-electron chi connectivity index (χ3n) is 1.60. The molecule has 0 aliphatic heterocycles. The molecule has 0 heterocycles. The van der Waals surface area contributed by atoms with Crippen molar-refractivity contribution in [3.05, 3.63) is 29.8 Å². The van der Waals surface area contributed by atoms with Gasteiger partial charge in [0.15, 0.2) is 6.29 Å². The van der Waals surface area contributed by atoms with Gasteiger partial charge in [0.1, 0.15) is 18.5 Å². The fraction of sp³-hybridized carbons (Fsp3) is 0.300. The molecular formula is C10H12O3. The van der Waals surface area contributed by atoms with Crippen molar-refractivity contribution >= 4 is 6.29 Å². The van der Waals surface area contributed by atoms with Crippen molar-refractivity contribution in [3.63, 3.8) is 0 Å². The molecule has 3 heteroatoms. The van der Waals surface area contributed by atoms with Crippen LogP contribution in [0.25, 0.3) is 0 Å². The van der Waals surface area contributed by atoms with Crippen LogP contribution in [0.3, 0.4) is 0 Å². The Bertz CT molecular complexity index is 266. The van der Waals surface area contributed by atoms with Crippen molar-refractivity contribution in [1.29, 1.82) is 0 Å². The molecule has 13 heavy (non-hydrogen) atoms. The summed E-state index contributed by atoms with van der Waals surface area (Å²) in [5.74, 6) is 0.659. The van der Waals surface area contributed by atoms with Crippen LogP contribution in [0.2, 0.25) is 0 Å². The van der Waals surface area contributed by atoms with Gasteiger partial charge >= 0.3 is 0 Å². The lowest BCUT2D eigenvalue weighted by Gasteiger charge is -2.06. The van der Waals surface area contributed by atoms with Gasteiger partial charge in [0, 0.05) is 0 Å². The number of benzene rings is 1. The summed E-state index contributed by atoms with van der Waals surface area (Å²) in [4.78, 5) is 10.1. The Morgan fingerprint density at radius 1 is 1.46 bits per heavy atom. The normalized spacial score (nSPS) is 12.2. The van der Waals surface area contributed by atoms with Crippen LogP contribution in [0.5, 0.6) is 5.75 Å². The highest BCUT2D eigenvalue weighted by Gasteiger charge is 2.01. The van der Waals surface area contributed by atoms with Crippen molar-refractivity contribution < 1.29 is 14.6 Å². The van der Waals surface area contributed by atoms with Crippen LogP contribution in [0.1, 0.15) is 5.56 Å². The zero-order valence-electron chi connectivity index (χ0n) is 7.43. The molecule has 0 aliphatic rings. The summed E-state index contributed by atoms with van der Waals surface area (Å²) in [5.41, 5.74) is 1.14. The molecule has 1 aromatic rings. The number of aryl methyl sites for hydroxylation is 1. The first-order valence-corrected chi connectivity index (χ1v) is 4.05. The van der Waals surface area contributed by atoms with Crippen LogP contribution in [-0.4, -0.2) is 24.1 Å². The van der Waals surface area contributed by atoms with Crippen LogP contribution < -0.4 is 4.74 Å². The molecule has 1 unspecified atom stereocenters. The van der Waals surface area contributed by atoms with E-state index in [-0.39, 0.29) is 6.61 Å². The molecule has 1 rings (SSSR count). The zero-order valence-corrected chi connectivity index (χ0v) is 7.43. The molecule has 1 atom stereocenters. The number of hydrogen-bond donors (Lipinski definition) is 1. The van der Waals surface area contributed by atoms with Gasteiger partial charge < -0.3 is 14.6 Å². The van der Waals surface area contributed by atoms with Crippen LogP contribution in [0.15, 0.2) is 24.3 Å². The molecule has 0 radical (unpaired) electrons. The number of carbonyl (C=O) groups is 1. The van der Waals surface area contributed by atoms with Gasteiger partial charge in [0.05, 0.1) is 0 Å². The van der Waals surface area contributed by atoms with Crippen LogP contribution in [0.4, 0.5) is 0 Å². The highest BCUT2D eigenvalue weighted by atomic mass is 16.5. The lowest BCUT2D eigenvalue weighted by atomic mass is 10.2. The maximum atomic E-state index is 10.1. The highest BCUT2D eigenvalue weighted by molar-refractivity contribution is 5.55. The van der Waals surface area contributed by atoms with Gasteiger partial charge in [-0.2, -0.15) is 0 Å². The third-order valence-corrected chi connectivity index (χ3v) is 1.60. The van der Waals surface area contributed by atoms with E-state index in [4.69, 9.17) is 9.84 Å². The minimum atomic E-state index is -1.04. The topological polar surface area (TPSA) is 46.5 Å². The fourth-order valence-electron chi connectivity index (χ4n) is 0.855. The van der Waals surface area contributed by atoms with Crippen molar-refractivity contribution in [3.8, 4) is 5.75 Å². The van der Waals surface area contributed by atoms with Crippen LogP contribution in [0, 0.1) is 6.92 Å². The lowest BCUT2D eigenvalue weighted by molar-refractivity contribution is -0.116. The van der Waals surface area contributed by atoms with Crippen molar-refractivity contribution in [1.82, 2.24) is 0 Å². The minimum absolute atomic E-state index is 0.00651. The summed E-state index contributed by atoms with van der Waals surface area (Å²) >= 11 is 0. The number of aldehydes is 1. The third kappa shape index (κ3) is 3.25. The van der Waals surface area contributed by atoms with E-state index < -0.39 is 6.10 Å². The van der Waals surface area contributed by atoms with Gasteiger partial charge in [-0.3, -0.25) is 0 Å². The molecule has 0 aromatic heterocycles. The number of carbonyl (C=O) groups excluding carboxylic acids is 1. The van der Waals surface area contributed by atoms with Gasteiger partial charge in [-0.05, 0) is 19.1 Å². The van der Waals surface area contributed by atoms with Crippen LogP contribution in [-0.2, 0) is 4.79 Å². The molecule has 0 spiro atoms. The SMILES string of the molecule is Cc1ccc(OCC(O)C=O)cc1. The van der Waals surface area contributed by atoms with E-state index in [0.717, 1.165) is 5.56 Å². The van der Waals surface area contributed by atoms with Gasteiger partial charge in [-0.25, -0.2) is 0 Å². The Morgan fingerprint density at radius 3 is 2.62 bits per heavy atom. The predicted octanol–water partition coefficient (Wildman–Crippen LogP) is 0.934. The van der Waals surface area contributed by atoms with Gasteiger partial charge in [0.2, 0.25) is 0 Å². The maximum absolute atomic E-state index is 10.1. The molecular weight excluding hydrogens is 168 g/mol. The summed E-state index contributed by atoms with van der Waals surface area (Å²) in [6, 6.07) is 7.41. The Morgan fingerprint density at radius 2 is 2.08 bits per heavy atom. The summed E-state index contributed by atoms with van der Waals surface area (Å²) in [6.07, 6.45) is -0.588. The number of hydrogen-bond acceptors (Lipinski definition) is 3. The second kappa shape index (κ2) is 4.62. The van der Waals surface area contributed by atoms with Gasteiger partial charge in [-0.15, -0.1) is 0 Å². The molecule has 1 aromatic carbocycles. The fourth-order valence-corrected chi connectivity index (χ4v) is 0.855. The largest absolute Gasteiger partial charge is 0.490 e. The average molecular weight is 180 g/mol. The monoisotopic (exact) mass is 180 g/mol. The van der Waals surface area contributed by atoms with E-state index in [0.29, 0.717) is 12.0 Å². The molecule has 3 nitrogen and oxygen atoms in total.